The molecule has 0 spiro atoms. The van der Waals surface area contributed by atoms with Gasteiger partial charge in [0.1, 0.15) is 11.6 Å². The fourth-order valence-corrected chi connectivity index (χ4v) is 4.35. The van der Waals surface area contributed by atoms with Gasteiger partial charge in [-0.15, -0.1) is 0 Å². The maximum absolute atomic E-state index is 13.8. The van der Waals surface area contributed by atoms with Crippen molar-refractivity contribution in [2.24, 2.45) is 0 Å². The molecular formula is C19H21ClF2N2O3S2. The highest BCUT2D eigenvalue weighted by atomic mass is 35.5. The van der Waals surface area contributed by atoms with Crippen molar-refractivity contribution in [2.75, 3.05) is 25.1 Å². The lowest BCUT2D eigenvalue weighted by molar-refractivity contribution is -0.121. The fourth-order valence-electron chi connectivity index (χ4n) is 2.43. The summed E-state index contributed by atoms with van der Waals surface area (Å²) in [4.78, 5) is 12.1. The summed E-state index contributed by atoms with van der Waals surface area (Å²) < 4.78 is 52.3. The summed E-state index contributed by atoms with van der Waals surface area (Å²) in [7, 11) is -3.71. The van der Waals surface area contributed by atoms with E-state index in [-0.39, 0.29) is 24.5 Å². The van der Waals surface area contributed by atoms with Crippen molar-refractivity contribution in [3.05, 3.63) is 70.2 Å². The van der Waals surface area contributed by atoms with Crippen LogP contribution in [0.1, 0.15) is 11.1 Å². The SMILES string of the molecule is CS(=O)(=O)N(CC(=O)NCCSCc1c(F)cccc1Cl)Cc1ccccc1F. The molecule has 0 saturated carbocycles. The smallest absolute Gasteiger partial charge is 0.235 e. The molecule has 0 radical (unpaired) electrons. The van der Waals surface area contributed by atoms with Gasteiger partial charge < -0.3 is 5.32 Å². The fraction of sp³-hybridized carbons (Fsp3) is 0.316. The second-order valence-corrected chi connectivity index (χ2v) is 9.72. The molecule has 0 fully saturated rings. The highest BCUT2D eigenvalue weighted by molar-refractivity contribution is 7.98. The molecule has 0 unspecified atom stereocenters. The van der Waals surface area contributed by atoms with Gasteiger partial charge in [0, 0.05) is 40.7 Å². The Kier molecular flexibility index (Phi) is 8.88. The summed E-state index contributed by atoms with van der Waals surface area (Å²) in [6, 6.07) is 10.3. The van der Waals surface area contributed by atoms with Crippen molar-refractivity contribution in [1.82, 2.24) is 9.62 Å². The number of nitrogens with one attached hydrogen (secondary N) is 1. The van der Waals surface area contributed by atoms with E-state index in [1.54, 1.807) is 12.1 Å². The van der Waals surface area contributed by atoms with Crippen molar-refractivity contribution in [3.63, 3.8) is 0 Å². The number of halogens is 3. The Morgan fingerprint density at radius 3 is 2.48 bits per heavy atom. The molecule has 0 aliphatic carbocycles. The molecule has 2 rings (SSSR count). The Labute approximate surface area is 178 Å². The van der Waals surface area contributed by atoms with E-state index in [0.717, 1.165) is 10.6 Å². The molecule has 5 nitrogen and oxygen atoms in total. The lowest BCUT2D eigenvalue weighted by atomic mass is 10.2. The van der Waals surface area contributed by atoms with Gasteiger partial charge in [0.05, 0.1) is 12.8 Å². The zero-order valence-corrected chi connectivity index (χ0v) is 18.1. The molecular weight excluding hydrogens is 442 g/mol. The molecule has 158 valence electrons. The maximum atomic E-state index is 13.8. The minimum Gasteiger partial charge on any atom is -0.354 e. The van der Waals surface area contributed by atoms with Gasteiger partial charge in [-0.2, -0.15) is 16.1 Å². The molecule has 0 aliphatic heterocycles. The predicted molar refractivity (Wildman–Crippen MR) is 112 cm³/mol. The first kappa shape index (κ1) is 23.6. The van der Waals surface area contributed by atoms with Crippen LogP contribution < -0.4 is 5.32 Å². The van der Waals surface area contributed by atoms with Crippen LogP contribution in [0, 0.1) is 11.6 Å². The summed E-state index contributed by atoms with van der Waals surface area (Å²) in [6.45, 7) is -0.386. The van der Waals surface area contributed by atoms with Crippen molar-refractivity contribution < 1.29 is 22.0 Å². The zero-order chi connectivity index (χ0) is 21.4. The van der Waals surface area contributed by atoms with Gasteiger partial charge in [-0.3, -0.25) is 4.79 Å². The number of carbonyl (C=O) groups is 1. The number of sulfonamides is 1. The molecule has 0 atom stereocenters. The standard InChI is InChI=1S/C19H21ClF2N2O3S2/c1-29(26,27)24(11-14-5-2-3-7-17(14)21)12-19(25)23-9-10-28-13-15-16(20)6-4-8-18(15)22/h2-8H,9-13H2,1H3,(H,23,25). The van der Waals surface area contributed by atoms with E-state index in [4.69, 9.17) is 11.6 Å². The Morgan fingerprint density at radius 1 is 1.14 bits per heavy atom. The quantitative estimate of drug-likeness (QED) is 0.549. The van der Waals surface area contributed by atoms with Crippen LogP contribution in [0.3, 0.4) is 0 Å². The molecule has 0 heterocycles. The van der Waals surface area contributed by atoms with E-state index in [2.05, 4.69) is 5.32 Å². The predicted octanol–water partition coefficient (Wildman–Crippen LogP) is 3.43. The van der Waals surface area contributed by atoms with Gasteiger partial charge >= 0.3 is 0 Å². The molecule has 0 aliphatic rings. The third-order valence-corrected chi connectivity index (χ3v) is 6.51. The second-order valence-electron chi connectivity index (χ2n) is 6.23. The number of hydrogen-bond acceptors (Lipinski definition) is 4. The van der Waals surface area contributed by atoms with Crippen LogP contribution >= 0.6 is 23.4 Å². The number of thioether (sulfide) groups is 1. The van der Waals surface area contributed by atoms with E-state index in [1.165, 1.54) is 42.1 Å². The number of carbonyl (C=O) groups excluding carboxylic acids is 1. The largest absolute Gasteiger partial charge is 0.354 e. The summed E-state index contributed by atoms with van der Waals surface area (Å²) in [6.07, 6.45) is 0.967. The lowest BCUT2D eigenvalue weighted by Crippen LogP contribution is -2.40. The average molecular weight is 463 g/mol. The Hall–Kier alpha value is -1.68. The van der Waals surface area contributed by atoms with Crippen LogP contribution in [-0.4, -0.2) is 43.7 Å². The third kappa shape index (κ3) is 7.58. The second kappa shape index (κ2) is 10.9. The highest BCUT2D eigenvalue weighted by Gasteiger charge is 2.21. The summed E-state index contributed by atoms with van der Waals surface area (Å²) in [5.41, 5.74) is 0.585. The lowest BCUT2D eigenvalue weighted by Gasteiger charge is -2.20. The molecule has 2 aromatic rings. The van der Waals surface area contributed by atoms with Crippen molar-refractivity contribution in [1.29, 1.82) is 0 Å². The average Bonchev–Trinajstić information content (AvgIpc) is 2.64. The normalized spacial score (nSPS) is 11.6. The summed E-state index contributed by atoms with van der Waals surface area (Å²) in [5, 5.41) is 2.96. The molecule has 1 N–H and O–H groups in total. The first-order valence-corrected chi connectivity index (χ1v) is 12.0. The maximum Gasteiger partial charge on any atom is 0.235 e. The summed E-state index contributed by atoms with van der Waals surface area (Å²) in [5.74, 6) is -0.584. The van der Waals surface area contributed by atoms with Crippen LogP contribution in [0.5, 0.6) is 0 Å². The van der Waals surface area contributed by atoms with Crippen LogP contribution in [0.25, 0.3) is 0 Å². The molecule has 2 aromatic carbocycles. The highest BCUT2D eigenvalue weighted by Crippen LogP contribution is 2.23. The van der Waals surface area contributed by atoms with Gasteiger partial charge in [-0.25, -0.2) is 17.2 Å². The number of nitrogens with zero attached hydrogens (tertiary/aromatic N) is 1. The van der Waals surface area contributed by atoms with Crippen molar-refractivity contribution in [2.45, 2.75) is 12.3 Å². The number of hydrogen-bond donors (Lipinski definition) is 1. The molecule has 10 heteroatoms. The van der Waals surface area contributed by atoms with Gasteiger partial charge in [-0.1, -0.05) is 35.9 Å². The molecule has 1 amide bonds. The topological polar surface area (TPSA) is 66.5 Å². The Balaban J connectivity index is 1.82. The van der Waals surface area contributed by atoms with Crippen LogP contribution in [0.4, 0.5) is 8.78 Å². The van der Waals surface area contributed by atoms with Crippen molar-refractivity contribution >= 4 is 39.3 Å². The minimum absolute atomic E-state index is 0.183. The van der Waals surface area contributed by atoms with Gasteiger partial charge in [-0.05, 0) is 18.2 Å². The van der Waals surface area contributed by atoms with Crippen molar-refractivity contribution in [3.8, 4) is 0 Å². The zero-order valence-electron chi connectivity index (χ0n) is 15.7. The number of benzene rings is 2. The number of rotatable bonds is 10. The van der Waals surface area contributed by atoms with Crippen LogP contribution in [0.15, 0.2) is 42.5 Å². The van der Waals surface area contributed by atoms with Gasteiger partial charge in [0.25, 0.3) is 0 Å². The third-order valence-electron chi connectivity index (χ3n) is 3.97. The van der Waals surface area contributed by atoms with Gasteiger partial charge in [0.2, 0.25) is 15.9 Å². The van der Waals surface area contributed by atoms with E-state index >= 15 is 0 Å². The van der Waals surface area contributed by atoms with Crippen LogP contribution in [-0.2, 0) is 27.1 Å². The Morgan fingerprint density at radius 2 is 1.83 bits per heavy atom. The molecule has 0 saturated heterocycles. The minimum atomic E-state index is -3.71. The molecule has 0 bridgehead atoms. The van der Waals surface area contributed by atoms with E-state index < -0.39 is 28.3 Å². The molecule has 0 aromatic heterocycles. The van der Waals surface area contributed by atoms with Crippen LogP contribution in [0.2, 0.25) is 5.02 Å². The Bertz CT molecular complexity index is 938. The van der Waals surface area contributed by atoms with E-state index in [0.29, 0.717) is 22.1 Å². The summed E-state index contributed by atoms with van der Waals surface area (Å²) >= 11 is 7.34. The van der Waals surface area contributed by atoms with E-state index in [1.807, 2.05) is 0 Å². The van der Waals surface area contributed by atoms with E-state index in [9.17, 15) is 22.0 Å². The first-order chi connectivity index (χ1) is 13.7. The first-order valence-electron chi connectivity index (χ1n) is 8.64. The monoisotopic (exact) mass is 462 g/mol. The van der Waals surface area contributed by atoms with Gasteiger partial charge in [0.15, 0.2) is 0 Å². The number of amides is 1. The molecule has 29 heavy (non-hydrogen) atoms.